The van der Waals surface area contributed by atoms with Crippen molar-refractivity contribution >= 4 is 22.9 Å². The standard InChI is InChI=1S/C17H20N2O/c1-2-3-4-12-17(20)19-18-13-15-10-7-9-14-8-5-6-11-16(14)15/h5-11,13H,2-4,12H2,1H3,(H,19,20)/b18-13+. The van der Waals surface area contributed by atoms with E-state index >= 15 is 0 Å². The van der Waals surface area contributed by atoms with Crippen LogP contribution in [0.3, 0.4) is 0 Å². The molecule has 0 aromatic heterocycles. The molecule has 0 saturated carbocycles. The monoisotopic (exact) mass is 268 g/mol. The summed E-state index contributed by atoms with van der Waals surface area (Å²) in [4.78, 5) is 11.5. The summed E-state index contributed by atoms with van der Waals surface area (Å²) in [6.07, 6.45) is 5.37. The largest absolute Gasteiger partial charge is 0.273 e. The Morgan fingerprint density at radius 1 is 1.15 bits per heavy atom. The molecule has 0 radical (unpaired) electrons. The molecule has 3 nitrogen and oxygen atoms in total. The molecule has 0 heterocycles. The van der Waals surface area contributed by atoms with Crippen molar-refractivity contribution in [1.29, 1.82) is 0 Å². The molecule has 0 unspecified atom stereocenters. The summed E-state index contributed by atoms with van der Waals surface area (Å²) in [5.74, 6) is -0.0186. The molecule has 0 bridgehead atoms. The first-order valence-electron chi connectivity index (χ1n) is 7.11. The summed E-state index contributed by atoms with van der Waals surface area (Å²) >= 11 is 0. The van der Waals surface area contributed by atoms with Crippen molar-refractivity contribution in [2.45, 2.75) is 32.6 Å². The molecule has 2 aromatic rings. The van der Waals surface area contributed by atoms with Gasteiger partial charge in [0.05, 0.1) is 6.21 Å². The van der Waals surface area contributed by atoms with Gasteiger partial charge in [0.2, 0.25) is 5.91 Å². The fourth-order valence-electron chi connectivity index (χ4n) is 2.13. The van der Waals surface area contributed by atoms with Crippen molar-refractivity contribution < 1.29 is 4.79 Å². The first-order valence-corrected chi connectivity index (χ1v) is 7.11. The normalized spacial score (nSPS) is 11.1. The van der Waals surface area contributed by atoms with Crippen LogP contribution in [0.25, 0.3) is 10.8 Å². The topological polar surface area (TPSA) is 41.5 Å². The lowest BCUT2D eigenvalue weighted by Crippen LogP contribution is -2.16. The second-order valence-corrected chi connectivity index (χ2v) is 4.82. The molecule has 0 atom stereocenters. The third-order valence-electron chi connectivity index (χ3n) is 3.22. The second-order valence-electron chi connectivity index (χ2n) is 4.82. The first-order chi connectivity index (χ1) is 9.81. The maximum Gasteiger partial charge on any atom is 0.240 e. The SMILES string of the molecule is CCCCCC(=O)N/N=C/c1cccc2ccccc12. The number of hydrogen-bond donors (Lipinski definition) is 1. The summed E-state index contributed by atoms with van der Waals surface area (Å²) in [5, 5.41) is 6.36. The number of fused-ring (bicyclic) bond motifs is 1. The van der Waals surface area contributed by atoms with Crippen molar-refractivity contribution in [3.8, 4) is 0 Å². The summed E-state index contributed by atoms with van der Waals surface area (Å²) in [6.45, 7) is 2.12. The molecular weight excluding hydrogens is 248 g/mol. The molecule has 0 spiro atoms. The summed E-state index contributed by atoms with van der Waals surface area (Å²) in [5.41, 5.74) is 3.60. The smallest absolute Gasteiger partial charge is 0.240 e. The molecule has 2 aromatic carbocycles. The minimum absolute atomic E-state index is 0.0186. The van der Waals surface area contributed by atoms with Crippen LogP contribution in [0.4, 0.5) is 0 Å². The first kappa shape index (κ1) is 14.3. The molecule has 0 aliphatic carbocycles. The van der Waals surface area contributed by atoms with Crippen LogP contribution in [0.5, 0.6) is 0 Å². The van der Waals surface area contributed by atoms with E-state index in [-0.39, 0.29) is 5.91 Å². The minimum atomic E-state index is -0.0186. The zero-order chi connectivity index (χ0) is 14.2. The molecule has 1 N–H and O–H groups in total. The zero-order valence-corrected chi connectivity index (χ0v) is 11.8. The molecule has 1 amide bonds. The zero-order valence-electron chi connectivity index (χ0n) is 11.8. The Morgan fingerprint density at radius 3 is 2.80 bits per heavy atom. The third-order valence-corrected chi connectivity index (χ3v) is 3.22. The van der Waals surface area contributed by atoms with Crippen molar-refractivity contribution in [3.05, 3.63) is 48.0 Å². The Labute approximate surface area is 119 Å². The van der Waals surface area contributed by atoms with Crippen LogP contribution in [0.1, 0.15) is 38.2 Å². The van der Waals surface area contributed by atoms with E-state index in [1.807, 2.05) is 24.3 Å². The number of hydrogen-bond acceptors (Lipinski definition) is 2. The number of rotatable bonds is 6. The third kappa shape index (κ3) is 3.92. The number of hydrazone groups is 1. The van der Waals surface area contributed by atoms with Crippen LogP contribution in [0.15, 0.2) is 47.6 Å². The van der Waals surface area contributed by atoms with E-state index in [9.17, 15) is 4.79 Å². The van der Waals surface area contributed by atoms with Crippen LogP contribution in [0.2, 0.25) is 0 Å². The van der Waals surface area contributed by atoms with Crippen LogP contribution in [-0.2, 0) is 4.79 Å². The maximum atomic E-state index is 11.5. The number of benzene rings is 2. The fraction of sp³-hybridized carbons (Fsp3) is 0.294. The highest BCUT2D eigenvalue weighted by Gasteiger charge is 1.99. The average molecular weight is 268 g/mol. The van der Waals surface area contributed by atoms with E-state index in [0.29, 0.717) is 6.42 Å². The molecule has 3 heteroatoms. The Balaban J connectivity index is 1.98. The number of nitrogens with one attached hydrogen (secondary N) is 1. The van der Waals surface area contributed by atoms with Crippen LogP contribution >= 0.6 is 0 Å². The van der Waals surface area contributed by atoms with Gasteiger partial charge in [0.1, 0.15) is 0 Å². The number of carbonyl (C=O) groups is 1. The van der Waals surface area contributed by atoms with Crippen LogP contribution in [-0.4, -0.2) is 12.1 Å². The van der Waals surface area contributed by atoms with Gasteiger partial charge < -0.3 is 0 Å². The van der Waals surface area contributed by atoms with Gasteiger partial charge in [-0.15, -0.1) is 0 Å². The maximum absolute atomic E-state index is 11.5. The van der Waals surface area contributed by atoms with Gasteiger partial charge in [0.15, 0.2) is 0 Å². The molecule has 0 fully saturated rings. The highest BCUT2D eigenvalue weighted by molar-refractivity contribution is 5.99. The van der Waals surface area contributed by atoms with E-state index in [1.165, 1.54) is 5.39 Å². The molecule has 0 aliphatic heterocycles. The van der Waals surface area contributed by atoms with Crippen molar-refractivity contribution in [2.75, 3.05) is 0 Å². The van der Waals surface area contributed by atoms with Gasteiger partial charge >= 0.3 is 0 Å². The van der Waals surface area contributed by atoms with Gasteiger partial charge in [0, 0.05) is 12.0 Å². The molecule has 0 saturated heterocycles. The lowest BCUT2D eigenvalue weighted by molar-refractivity contribution is -0.121. The summed E-state index contributed by atoms with van der Waals surface area (Å²) in [6, 6.07) is 14.2. The van der Waals surface area contributed by atoms with Crippen molar-refractivity contribution in [1.82, 2.24) is 5.43 Å². The number of amides is 1. The van der Waals surface area contributed by atoms with Gasteiger partial charge in [-0.2, -0.15) is 5.10 Å². The molecule has 2 rings (SSSR count). The Bertz CT molecular complexity index is 599. The Morgan fingerprint density at radius 2 is 1.95 bits per heavy atom. The predicted octanol–water partition coefficient (Wildman–Crippen LogP) is 3.87. The van der Waals surface area contributed by atoms with Gasteiger partial charge in [-0.3, -0.25) is 4.79 Å². The van der Waals surface area contributed by atoms with Crippen LogP contribution < -0.4 is 5.43 Å². The summed E-state index contributed by atoms with van der Waals surface area (Å²) in [7, 11) is 0. The molecule has 0 aliphatic rings. The van der Waals surface area contributed by atoms with Gasteiger partial charge in [-0.1, -0.05) is 62.2 Å². The van der Waals surface area contributed by atoms with Crippen molar-refractivity contribution in [3.63, 3.8) is 0 Å². The second kappa shape index (κ2) is 7.43. The van der Waals surface area contributed by atoms with Gasteiger partial charge in [-0.05, 0) is 17.2 Å². The van der Waals surface area contributed by atoms with E-state index in [4.69, 9.17) is 0 Å². The lowest BCUT2D eigenvalue weighted by Gasteiger charge is -2.02. The quantitative estimate of drug-likeness (QED) is 0.482. The van der Waals surface area contributed by atoms with Gasteiger partial charge in [0.25, 0.3) is 0 Å². The Hall–Kier alpha value is -2.16. The van der Waals surface area contributed by atoms with E-state index in [0.717, 1.165) is 30.2 Å². The van der Waals surface area contributed by atoms with E-state index in [2.05, 4.69) is 35.7 Å². The number of carbonyl (C=O) groups excluding carboxylic acids is 1. The fourth-order valence-corrected chi connectivity index (χ4v) is 2.13. The summed E-state index contributed by atoms with van der Waals surface area (Å²) < 4.78 is 0. The lowest BCUT2D eigenvalue weighted by atomic mass is 10.1. The van der Waals surface area contributed by atoms with E-state index in [1.54, 1.807) is 6.21 Å². The van der Waals surface area contributed by atoms with E-state index < -0.39 is 0 Å². The van der Waals surface area contributed by atoms with Crippen LogP contribution in [0, 0.1) is 0 Å². The molecular formula is C17H20N2O. The average Bonchev–Trinajstić information content (AvgIpc) is 2.48. The minimum Gasteiger partial charge on any atom is -0.273 e. The van der Waals surface area contributed by atoms with Crippen molar-refractivity contribution in [2.24, 2.45) is 5.10 Å². The molecule has 104 valence electrons. The number of unbranched alkanes of at least 4 members (excludes halogenated alkanes) is 2. The highest BCUT2D eigenvalue weighted by Crippen LogP contribution is 2.16. The molecule has 20 heavy (non-hydrogen) atoms. The Kier molecular flexibility index (Phi) is 5.30. The highest BCUT2D eigenvalue weighted by atomic mass is 16.2. The predicted molar refractivity (Wildman–Crippen MR) is 83.8 cm³/mol. The number of nitrogens with zero attached hydrogens (tertiary/aromatic N) is 1. The van der Waals surface area contributed by atoms with Gasteiger partial charge in [-0.25, -0.2) is 5.43 Å².